The van der Waals surface area contributed by atoms with E-state index in [4.69, 9.17) is 15.7 Å². The molecule has 8 nitrogen and oxygen atoms in total. The molecule has 2 N–H and O–H groups in total. The molecule has 1 saturated heterocycles. The fourth-order valence-corrected chi connectivity index (χ4v) is 5.49. The topological polar surface area (TPSA) is 110 Å². The van der Waals surface area contributed by atoms with Gasteiger partial charge >= 0.3 is 0 Å². The lowest BCUT2D eigenvalue weighted by Crippen LogP contribution is -2.46. The maximum atomic E-state index is 15.2. The van der Waals surface area contributed by atoms with Crippen molar-refractivity contribution in [3.63, 3.8) is 0 Å². The molecule has 2 aliphatic carbocycles. The maximum absolute atomic E-state index is 15.2. The highest BCUT2D eigenvalue weighted by Gasteiger charge is 2.43. The van der Waals surface area contributed by atoms with Crippen LogP contribution in [-0.2, 0) is 11.2 Å². The van der Waals surface area contributed by atoms with Gasteiger partial charge in [-0.25, -0.2) is 19.6 Å². The van der Waals surface area contributed by atoms with E-state index in [1.165, 1.54) is 30.0 Å². The number of anilines is 1. The molecule has 176 valence electrons. The molecule has 1 saturated carbocycles. The van der Waals surface area contributed by atoms with Crippen LogP contribution in [0, 0.1) is 17.7 Å². The first-order valence-corrected chi connectivity index (χ1v) is 11.6. The molecule has 4 aromatic rings. The first-order chi connectivity index (χ1) is 17.1. The Labute approximate surface area is 200 Å². The van der Waals surface area contributed by atoms with Crippen molar-refractivity contribution in [2.75, 3.05) is 18.9 Å². The number of benzene rings is 2. The van der Waals surface area contributed by atoms with Crippen molar-refractivity contribution >= 4 is 28.3 Å². The van der Waals surface area contributed by atoms with E-state index in [0.717, 1.165) is 12.0 Å². The summed E-state index contributed by atoms with van der Waals surface area (Å²) in [6.07, 6.45) is 6.38. The van der Waals surface area contributed by atoms with Crippen molar-refractivity contribution in [1.82, 2.24) is 19.3 Å². The van der Waals surface area contributed by atoms with Gasteiger partial charge in [0.15, 0.2) is 0 Å². The predicted octanol–water partition coefficient (Wildman–Crippen LogP) is 3.76. The van der Waals surface area contributed by atoms with Crippen LogP contribution in [0.1, 0.15) is 51.8 Å². The minimum atomic E-state index is -0.607. The van der Waals surface area contributed by atoms with Crippen LogP contribution >= 0.6 is 0 Å². The van der Waals surface area contributed by atoms with Crippen LogP contribution in [0.25, 0.3) is 16.6 Å². The van der Waals surface area contributed by atoms with Crippen LogP contribution in [0.4, 0.5) is 10.2 Å². The summed E-state index contributed by atoms with van der Waals surface area (Å²) in [6.45, 7) is 4.36. The SMILES string of the molecule is C#N.Nc1nc2cc(F)c(C(=O)N3CCO[C@@H]4Cc5cc(C6CC6)ccc5[C@@H]43)cc2n2cncc12. The molecule has 2 aromatic heterocycles. The summed E-state index contributed by atoms with van der Waals surface area (Å²) in [5, 5.41) is 6.50. The molecule has 3 heterocycles. The van der Waals surface area contributed by atoms with E-state index < -0.39 is 5.82 Å². The molecule has 1 amide bonds. The number of carbonyl (C=O) groups excluding carboxylic acids is 1. The molecule has 2 atom stereocenters. The Morgan fingerprint density at radius 3 is 2.83 bits per heavy atom. The molecule has 0 spiro atoms. The molecule has 3 aliphatic rings. The van der Waals surface area contributed by atoms with Crippen molar-refractivity contribution in [3.05, 3.63) is 70.9 Å². The van der Waals surface area contributed by atoms with E-state index in [9.17, 15) is 4.79 Å². The van der Waals surface area contributed by atoms with Gasteiger partial charge in [-0.1, -0.05) is 18.2 Å². The third-order valence-electron chi connectivity index (χ3n) is 7.26. The zero-order chi connectivity index (χ0) is 24.3. The number of nitrogens with zero attached hydrogens (tertiary/aromatic N) is 5. The number of carbonyl (C=O) groups is 1. The number of halogens is 1. The Hall–Kier alpha value is -4.03. The maximum Gasteiger partial charge on any atom is 0.257 e. The van der Waals surface area contributed by atoms with E-state index in [2.05, 4.69) is 34.7 Å². The van der Waals surface area contributed by atoms with Gasteiger partial charge in [0, 0.05) is 25.6 Å². The van der Waals surface area contributed by atoms with Gasteiger partial charge in [-0.05, 0) is 41.5 Å². The number of nitrogen functional groups attached to an aromatic ring is 1. The van der Waals surface area contributed by atoms with Crippen LogP contribution in [-0.4, -0.2) is 44.4 Å². The molecule has 2 fully saturated rings. The lowest BCUT2D eigenvalue weighted by atomic mass is 10.00. The summed E-state index contributed by atoms with van der Waals surface area (Å²) in [4.78, 5) is 23.9. The molecular formula is C26H23FN6O2. The van der Waals surface area contributed by atoms with Crippen molar-refractivity contribution in [3.8, 4) is 6.57 Å². The number of imidazole rings is 1. The summed E-state index contributed by atoms with van der Waals surface area (Å²) in [5.74, 6) is -0.00492. The van der Waals surface area contributed by atoms with Crippen LogP contribution in [0.15, 0.2) is 42.9 Å². The van der Waals surface area contributed by atoms with Crippen molar-refractivity contribution in [2.24, 2.45) is 0 Å². The number of hydrogen-bond acceptors (Lipinski definition) is 6. The second-order valence-corrected chi connectivity index (χ2v) is 9.26. The summed E-state index contributed by atoms with van der Waals surface area (Å²) < 4.78 is 23.0. The average molecular weight is 471 g/mol. The van der Waals surface area contributed by atoms with Gasteiger partial charge in [-0.2, -0.15) is 0 Å². The van der Waals surface area contributed by atoms with E-state index >= 15 is 4.39 Å². The van der Waals surface area contributed by atoms with Gasteiger partial charge in [0.1, 0.15) is 17.2 Å². The number of morpholine rings is 1. The van der Waals surface area contributed by atoms with Gasteiger partial charge in [0.2, 0.25) is 0 Å². The lowest BCUT2D eigenvalue weighted by Gasteiger charge is -2.38. The highest BCUT2D eigenvalue weighted by atomic mass is 19.1. The number of nitrogens with two attached hydrogens (primary N) is 1. The zero-order valence-electron chi connectivity index (χ0n) is 18.9. The second kappa shape index (κ2) is 8.03. The number of rotatable bonds is 2. The third-order valence-corrected chi connectivity index (χ3v) is 7.26. The summed E-state index contributed by atoms with van der Waals surface area (Å²) >= 11 is 0. The Balaban J connectivity index is 0.00000112. The summed E-state index contributed by atoms with van der Waals surface area (Å²) in [6, 6.07) is 9.23. The average Bonchev–Trinajstić information content (AvgIpc) is 3.48. The normalized spacial score (nSPS) is 20.8. The number of aromatic nitrogens is 3. The fourth-order valence-electron chi connectivity index (χ4n) is 5.49. The van der Waals surface area contributed by atoms with Crippen LogP contribution in [0.3, 0.4) is 0 Å². The first-order valence-electron chi connectivity index (χ1n) is 11.6. The van der Waals surface area contributed by atoms with Crippen molar-refractivity contribution in [2.45, 2.75) is 37.3 Å². The standard InChI is InChI=1S/C25H22FN5O2.CHN/c26-18-10-19-20(31-12-28-11-21(31)24(27)29-19)9-17(18)25(32)30-5-6-33-22-8-15-7-14(13-1-2-13)3-4-16(15)23(22)30;1-2/h3-4,7,9-13,22-23H,1-2,5-6,8H2,(H2,27,29);1H/t22-,23+;/m1./s1. The fraction of sp³-hybridized carbons (Fsp3) is 0.308. The van der Waals surface area contributed by atoms with E-state index in [1.807, 2.05) is 0 Å². The van der Waals surface area contributed by atoms with Gasteiger partial charge in [-0.15, -0.1) is 0 Å². The molecule has 35 heavy (non-hydrogen) atoms. The molecule has 0 radical (unpaired) electrons. The summed E-state index contributed by atoms with van der Waals surface area (Å²) in [5.41, 5.74) is 11.3. The summed E-state index contributed by atoms with van der Waals surface area (Å²) in [7, 11) is 0. The second-order valence-electron chi connectivity index (χ2n) is 9.26. The quantitative estimate of drug-likeness (QED) is 0.478. The lowest BCUT2D eigenvalue weighted by molar-refractivity contribution is -0.0517. The first kappa shape index (κ1) is 21.5. The molecule has 9 heteroatoms. The Morgan fingerprint density at radius 1 is 1.20 bits per heavy atom. The Bertz CT molecular complexity index is 1510. The van der Waals surface area contributed by atoms with Gasteiger partial charge in [-0.3, -0.25) is 9.20 Å². The third kappa shape index (κ3) is 3.33. The minimum absolute atomic E-state index is 0.0211. The van der Waals surface area contributed by atoms with Gasteiger partial charge < -0.3 is 15.4 Å². The van der Waals surface area contributed by atoms with E-state index in [1.54, 1.807) is 27.9 Å². The number of amides is 1. The number of nitriles is 1. The molecular weight excluding hydrogens is 447 g/mol. The molecule has 0 bridgehead atoms. The van der Waals surface area contributed by atoms with Crippen molar-refractivity contribution < 1.29 is 13.9 Å². The number of hydrogen-bond donors (Lipinski definition) is 1. The predicted molar refractivity (Wildman–Crippen MR) is 127 cm³/mol. The van der Waals surface area contributed by atoms with Gasteiger partial charge in [0.05, 0.1) is 47.9 Å². The van der Waals surface area contributed by atoms with Crippen LogP contribution < -0.4 is 5.73 Å². The van der Waals surface area contributed by atoms with E-state index in [0.29, 0.717) is 35.6 Å². The smallest absolute Gasteiger partial charge is 0.257 e. The largest absolute Gasteiger partial charge is 0.382 e. The Kier molecular flexibility index (Phi) is 4.93. The molecule has 2 aromatic carbocycles. The van der Waals surface area contributed by atoms with Crippen molar-refractivity contribution in [1.29, 1.82) is 5.26 Å². The monoisotopic (exact) mass is 470 g/mol. The number of fused-ring (bicyclic) bond motifs is 6. The van der Waals surface area contributed by atoms with Crippen LogP contribution in [0.2, 0.25) is 0 Å². The van der Waals surface area contributed by atoms with Crippen LogP contribution in [0.5, 0.6) is 0 Å². The van der Waals surface area contributed by atoms with Gasteiger partial charge in [0.25, 0.3) is 5.91 Å². The Morgan fingerprint density at radius 2 is 2.03 bits per heavy atom. The molecule has 7 rings (SSSR count). The minimum Gasteiger partial charge on any atom is -0.382 e. The van der Waals surface area contributed by atoms with E-state index in [-0.39, 0.29) is 29.4 Å². The molecule has 0 unspecified atom stereocenters. The molecule has 1 aliphatic heterocycles. The highest BCUT2D eigenvalue weighted by Crippen LogP contribution is 2.45. The number of ether oxygens (including phenoxy) is 1. The zero-order valence-corrected chi connectivity index (χ0v) is 18.9. The highest BCUT2D eigenvalue weighted by molar-refractivity contribution is 5.99.